The summed E-state index contributed by atoms with van der Waals surface area (Å²) in [5.74, 6) is 0.322. The zero-order valence-corrected chi connectivity index (χ0v) is 10.0. The van der Waals surface area contributed by atoms with Crippen LogP contribution in [0.3, 0.4) is 0 Å². The lowest BCUT2D eigenvalue weighted by Crippen LogP contribution is -2.42. The van der Waals surface area contributed by atoms with Gasteiger partial charge in [-0.25, -0.2) is 0 Å². The minimum absolute atomic E-state index is 0.0969. The number of morpholine rings is 1. The SMILES string of the molecule is CC(C)C(=O)N(C)CCN1CCOCC1. The number of ether oxygens (including phenoxy) is 1. The molecule has 0 spiro atoms. The second kappa shape index (κ2) is 6.08. The molecule has 1 aliphatic rings. The van der Waals surface area contributed by atoms with Gasteiger partial charge in [0.1, 0.15) is 0 Å². The highest BCUT2D eigenvalue weighted by Crippen LogP contribution is 2.01. The lowest BCUT2D eigenvalue weighted by molar-refractivity contribution is -0.133. The summed E-state index contributed by atoms with van der Waals surface area (Å²) < 4.78 is 5.27. The number of carbonyl (C=O) groups excluding carboxylic acids is 1. The van der Waals surface area contributed by atoms with Crippen molar-refractivity contribution in [2.24, 2.45) is 5.92 Å². The first-order valence-electron chi connectivity index (χ1n) is 5.66. The van der Waals surface area contributed by atoms with E-state index in [4.69, 9.17) is 4.74 Å². The Morgan fingerprint density at radius 3 is 2.53 bits per heavy atom. The summed E-state index contributed by atoms with van der Waals surface area (Å²) in [6.07, 6.45) is 0. The van der Waals surface area contributed by atoms with Crippen molar-refractivity contribution < 1.29 is 9.53 Å². The predicted molar refractivity (Wildman–Crippen MR) is 59.7 cm³/mol. The van der Waals surface area contributed by atoms with Crippen molar-refractivity contribution >= 4 is 5.91 Å². The lowest BCUT2D eigenvalue weighted by Gasteiger charge is -2.29. The molecule has 1 rings (SSSR count). The molecule has 0 atom stereocenters. The molecule has 0 radical (unpaired) electrons. The van der Waals surface area contributed by atoms with Crippen LogP contribution in [0.1, 0.15) is 13.8 Å². The molecule has 0 aromatic carbocycles. The van der Waals surface area contributed by atoms with Gasteiger partial charge in [-0.05, 0) is 0 Å². The number of hydrogen-bond acceptors (Lipinski definition) is 3. The van der Waals surface area contributed by atoms with Gasteiger partial charge in [0.05, 0.1) is 13.2 Å². The summed E-state index contributed by atoms with van der Waals surface area (Å²) in [4.78, 5) is 15.8. The van der Waals surface area contributed by atoms with Gasteiger partial charge in [-0.15, -0.1) is 0 Å². The molecule has 0 aromatic heterocycles. The Morgan fingerprint density at radius 1 is 1.40 bits per heavy atom. The van der Waals surface area contributed by atoms with E-state index in [0.717, 1.165) is 39.4 Å². The zero-order valence-electron chi connectivity index (χ0n) is 10.0. The van der Waals surface area contributed by atoms with Crippen molar-refractivity contribution in [2.75, 3.05) is 46.4 Å². The third-order valence-corrected chi connectivity index (χ3v) is 2.73. The average Bonchev–Trinajstić information content (AvgIpc) is 2.26. The Bertz CT molecular complexity index is 201. The fraction of sp³-hybridized carbons (Fsp3) is 0.909. The molecule has 1 fully saturated rings. The van der Waals surface area contributed by atoms with Crippen molar-refractivity contribution in [3.63, 3.8) is 0 Å². The van der Waals surface area contributed by atoms with E-state index in [1.54, 1.807) is 0 Å². The highest BCUT2D eigenvalue weighted by molar-refractivity contribution is 5.77. The number of amides is 1. The van der Waals surface area contributed by atoms with Crippen molar-refractivity contribution in [1.29, 1.82) is 0 Å². The maximum Gasteiger partial charge on any atom is 0.224 e. The molecule has 1 saturated heterocycles. The van der Waals surface area contributed by atoms with Gasteiger partial charge in [0.25, 0.3) is 0 Å². The van der Waals surface area contributed by atoms with Crippen LogP contribution in [0.15, 0.2) is 0 Å². The van der Waals surface area contributed by atoms with Crippen LogP contribution in [0.25, 0.3) is 0 Å². The van der Waals surface area contributed by atoms with E-state index in [1.165, 1.54) is 0 Å². The van der Waals surface area contributed by atoms with E-state index in [0.29, 0.717) is 0 Å². The summed E-state index contributed by atoms with van der Waals surface area (Å²) in [5.41, 5.74) is 0. The van der Waals surface area contributed by atoms with Gasteiger partial charge in [0.2, 0.25) is 5.91 Å². The first-order valence-corrected chi connectivity index (χ1v) is 5.66. The molecule has 15 heavy (non-hydrogen) atoms. The molecule has 0 N–H and O–H groups in total. The zero-order chi connectivity index (χ0) is 11.3. The van der Waals surface area contributed by atoms with Crippen molar-refractivity contribution in [2.45, 2.75) is 13.8 Å². The fourth-order valence-electron chi connectivity index (χ4n) is 1.67. The smallest absolute Gasteiger partial charge is 0.224 e. The van der Waals surface area contributed by atoms with Crippen molar-refractivity contribution in [3.8, 4) is 0 Å². The Morgan fingerprint density at radius 2 is 2.00 bits per heavy atom. The van der Waals surface area contributed by atoms with Crippen molar-refractivity contribution in [1.82, 2.24) is 9.80 Å². The summed E-state index contributed by atoms with van der Waals surface area (Å²) in [7, 11) is 1.88. The molecule has 88 valence electrons. The van der Waals surface area contributed by atoms with Gasteiger partial charge >= 0.3 is 0 Å². The van der Waals surface area contributed by atoms with Crippen LogP contribution in [0.4, 0.5) is 0 Å². The summed E-state index contributed by atoms with van der Waals surface area (Å²) in [6.45, 7) is 9.27. The number of carbonyl (C=O) groups is 1. The number of nitrogens with zero attached hydrogens (tertiary/aromatic N) is 2. The van der Waals surface area contributed by atoms with E-state index >= 15 is 0 Å². The van der Waals surface area contributed by atoms with Gasteiger partial charge < -0.3 is 9.64 Å². The van der Waals surface area contributed by atoms with Gasteiger partial charge in [-0.2, -0.15) is 0 Å². The Labute approximate surface area is 92.2 Å². The molecule has 4 heteroatoms. The highest BCUT2D eigenvalue weighted by Gasteiger charge is 2.15. The largest absolute Gasteiger partial charge is 0.379 e. The van der Waals surface area contributed by atoms with E-state index < -0.39 is 0 Å². The molecule has 0 aliphatic carbocycles. The normalized spacial score (nSPS) is 18.1. The maximum absolute atomic E-state index is 11.6. The molecule has 0 bridgehead atoms. The standard InChI is InChI=1S/C11H22N2O2/c1-10(2)11(14)12(3)4-5-13-6-8-15-9-7-13/h10H,4-9H2,1-3H3. The predicted octanol–water partition coefficient (Wildman–Crippen LogP) is 0.433. The molecule has 0 saturated carbocycles. The highest BCUT2D eigenvalue weighted by atomic mass is 16.5. The molecule has 4 nitrogen and oxygen atoms in total. The molecular formula is C11H22N2O2. The van der Waals surface area contributed by atoms with Crippen LogP contribution in [0.2, 0.25) is 0 Å². The summed E-state index contributed by atoms with van der Waals surface area (Å²) >= 11 is 0. The molecular weight excluding hydrogens is 192 g/mol. The quantitative estimate of drug-likeness (QED) is 0.680. The van der Waals surface area contributed by atoms with E-state index in [2.05, 4.69) is 4.90 Å². The fourth-order valence-corrected chi connectivity index (χ4v) is 1.67. The monoisotopic (exact) mass is 214 g/mol. The second-order valence-electron chi connectivity index (χ2n) is 4.37. The van der Waals surface area contributed by atoms with Crippen LogP contribution in [-0.4, -0.2) is 62.1 Å². The third kappa shape index (κ3) is 4.18. The first kappa shape index (κ1) is 12.5. The van der Waals surface area contributed by atoms with Gasteiger partial charge in [-0.3, -0.25) is 9.69 Å². The Hall–Kier alpha value is -0.610. The molecule has 1 amide bonds. The molecule has 0 unspecified atom stereocenters. The average molecular weight is 214 g/mol. The molecule has 1 aliphatic heterocycles. The minimum Gasteiger partial charge on any atom is -0.379 e. The van der Waals surface area contributed by atoms with Crippen LogP contribution >= 0.6 is 0 Å². The van der Waals surface area contributed by atoms with Crippen LogP contribution in [0, 0.1) is 5.92 Å². The number of hydrogen-bond donors (Lipinski definition) is 0. The van der Waals surface area contributed by atoms with Gasteiger partial charge in [0.15, 0.2) is 0 Å². The lowest BCUT2D eigenvalue weighted by atomic mass is 10.2. The van der Waals surface area contributed by atoms with Gasteiger partial charge in [0, 0.05) is 39.1 Å². The van der Waals surface area contributed by atoms with Gasteiger partial charge in [-0.1, -0.05) is 13.8 Å². The van der Waals surface area contributed by atoms with E-state index in [1.807, 2.05) is 25.8 Å². The second-order valence-corrected chi connectivity index (χ2v) is 4.37. The topological polar surface area (TPSA) is 32.8 Å². The first-order chi connectivity index (χ1) is 7.11. The Kier molecular flexibility index (Phi) is 5.05. The summed E-state index contributed by atoms with van der Waals surface area (Å²) in [6, 6.07) is 0. The molecule has 0 aromatic rings. The molecule has 1 heterocycles. The number of rotatable bonds is 4. The van der Waals surface area contributed by atoms with Crippen LogP contribution in [-0.2, 0) is 9.53 Å². The summed E-state index contributed by atoms with van der Waals surface area (Å²) in [5, 5.41) is 0. The van der Waals surface area contributed by atoms with Crippen LogP contribution < -0.4 is 0 Å². The van der Waals surface area contributed by atoms with Crippen molar-refractivity contribution in [3.05, 3.63) is 0 Å². The van der Waals surface area contributed by atoms with Crippen LogP contribution in [0.5, 0.6) is 0 Å². The maximum atomic E-state index is 11.6. The minimum atomic E-state index is 0.0969. The third-order valence-electron chi connectivity index (χ3n) is 2.73. The van der Waals surface area contributed by atoms with E-state index in [-0.39, 0.29) is 11.8 Å². The number of likely N-dealkylation sites (N-methyl/N-ethyl adjacent to an activating group) is 1. The Balaban J connectivity index is 2.20. The van der Waals surface area contributed by atoms with E-state index in [9.17, 15) is 4.79 Å².